The van der Waals surface area contributed by atoms with E-state index >= 15 is 0 Å². The molecule has 0 saturated carbocycles. The van der Waals surface area contributed by atoms with Crippen LogP contribution < -0.4 is 11.1 Å². The number of benzene rings is 2. The Morgan fingerprint density at radius 1 is 1.07 bits per heavy atom. The van der Waals surface area contributed by atoms with Crippen molar-refractivity contribution in [2.24, 2.45) is 0 Å². The van der Waals surface area contributed by atoms with Crippen molar-refractivity contribution in [1.82, 2.24) is 15.1 Å². The van der Waals surface area contributed by atoms with E-state index in [1.807, 2.05) is 66.9 Å². The van der Waals surface area contributed by atoms with Crippen LogP contribution >= 0.6 is 11.3 Å². The SMILES string of the molecule is C[C@@H](NC(=O)Cn1nc(-c2cccs2)oc1=O)c1ccc(-c2ccccc2)cc1. The van der Waals surface area contributed by atoms with Gasteiger partial charge in [0.25, 0.3) is 5.89 Å². The van der Waals surface area contributed by atoms with Gasteiger partial charge in [0.2, 0.25) is 5.91 Å². The minimum atomic E-state index is -0.650. The Balaban J connectivity index is 1.40. The Morgan fingerprint density at radius 2 is 1.79 bits per heavy atom. The highest BCUT2D eigenvalue weighted by Gasteiger charge is 2.16. The van der Waals surface area contributed by atoms with Crippen molar-refractivity contribution in [3.63, 3.8) is 0 Å². The van der Waals surface area contributed by atoms with Crippen LogP contribution in [0.4, 0.5) is 0 Å². The summed E-state index contributed by atoms with van der Waals surface area (Å²) in [4.78, 5) is 25.1. The maximum absolute atomic E-state index is 12.4. The Kier molecular flexibility index (Phi) is 5.39. The van der Waals surface area contributed by atoms with Crippen LogP contribution in [0, 0.1) is 0 Å². The van der Waals surface area contributed by atoms with Crippen molar-refractivity contribution < 1.29 is 9.21 Å². The summed E-state index contributed by atoms with van der Waals surface area (Å²) in [6, 6.07) is 21.6. The second-order valence-electron chi connectivity index (χ2n) is 6.59. The zero-order valence-electron chi connectivity index (χ0n) is 15.7. The normalized spacial score (nSPS) is 11.9. The number of thiophene rings is 1. The quantitative estimate of drug-likeness (QED) is 0.524. The van der Waals surface area contributed by atoms with Crippen LogP contribution in [0.25, 0.3) is 21.9 Å². The molecular weight excluding hydrogens is 386 g/mol. The number of amides is 1. The molecule has 0 fully saturated rings. The number of carbonyl (C=O) groups excluding carboxylic acids is 1. The predicted molar refractivity (Wildman–Crippen MR) is 113 cm³/mol. The first-order chi connectivity index (χ1) is 14.1. The molecule has 1 atom stereocenters. The third kappa shape index (κ3) is 4.35. The monoisotopic (exact) mass is 405 g/mol. The summed E-state index contributed by atoms with van der Waals surface area (Å²) in [7, 11) is 0. The van der Waals surface area contributed by atoms with Crippen molar-refractivity contribution in [3.8, 4) is 21.9 Å². The Hall–Kier alpha value is -3.45. The van der Waals surface area contributed by atoms with Crippen LogP contribution in [0.15, 0.2) is 81.3 Å². The Labute approximate surface area is 171 Å². The average molecular weight is 405 g/mol. The van der Waals surface area contributed by atoms with Gasteiger partial charge in [0.05, 0.1) is 10.9 Å². The molecule has 0 radical (unpaired) electrons. The number of hydrogen-bond donors (Lipinski definition) is 1. The number of hydrogen-bond acceptors (Lipinski definition) is 5. The highest BCUT2D eigenvalue weighted by atomic mass is 32.1. The van der Waals surface area contributed by atoms with Crippen molar-refractivity contribution in [2.75, 3.05) is 0 Å². The zero-order valence-corrected chi connectivity index (χ0v) is 16.6. The first-order valence-corrected chi connectivity index (χ1v) is 10.0. The first kappa shape index (κ1) is 18.9. The molecule has 0 aliphatic carbocycles. The molecular formula is C22H19N3O3S. The molecule has 29 heavy (non-hydrogen) atoms. The third-order valence-corrected chi connectivity index (χ3v) is 5.38. The summed E-state index contributed by atoms with van der Waals surface area (Å²) in [6.07, 6.45) is 0. The second-order valence-corrected chi connectivity index (χ2v) is 7.53. The lowest BCUT2D eigenvalue weighted by Crippen LogP contribution is -2.33. The molecule has 1 amide bonds. The summed E-state index contributed by atoms with van der Waals surface area (Å²) >= 11 is 1.42. The molecule has 4 aromatic rings. The summed E-state index contributed by atoms with van der Waals surface area (Å²) in [5.41, 5.74) is 3.23. The van der Waals surface area contributed by atoms with E-state index in [2.05, 4.69) is 22.5 Å². The van der Waals surface area contributed by atoms with Gasteiger partial charge in [-0.1, -0.05) is 60.7 Å². The second kappa shape index (κ2) is 8.28. The van der Waals surface area contributed by atoms with Crippen molar-refractivity contribution in [1.29, 1.82) is 0 Å². The van der Waals surface area contributed by atoms with Crippen LogP contribution in [0.3, 0.4) is 0 Å². The summed E-state index contributed by atoms with van der Waals surface area (Å²) < 4.78 is 6.17. The van der Waals surface area contributed by atoms with Gasteiger partial charge in [-0.2, -0.15) is 4.68 Å². The molecule has 0 saturated heterocycles. The van der Waals surface area contributed by atoms with Gasteiger partial charge in [0, 0.05) is 0 Å². The van der Waals surface area contributed by atoms with Gasteiger partial charge < -0.3 is 9.73 Å². The van der Waals surface area contributed by atoms with Crippen LogP contribution in [0.2, 0.25) is 0 Å². The zero-order chi connectivity index (χ0) is 20.2. The van der Waals surface area contributed by atoms with Crippen molar-refractivity contribution in [2.45, 2.75) is 19.5 Å². The van der Waals surface area contributed by atoms with Gasteiger partial charge in [-0.05, 0) is 35.1 Å². The minimum Gasteiger partial charge on any atom is -0.387 e. The smallest absolute Gasteiger partial charge is 0.387 e. The van der Waals surface area contributed by atoms with Crippen molar-refractivity contribution in [3.05, 3.63) is 88.2 Å². The molecule has 0 spiro atoms. The highest BCUT2D eigenvalue weighted by Crippen LogP contribution is 2.22. The fraction of sp³-hybridized carbons (Fsp3) is 0.136. The van der Waals surface area contributed by atoms with E-state index in [-0.39, 0.29) is 24.4 Å². The lowest BCUT2D eigenvalue weighted by atomic mass is 10.0. The van der Waals surface area contributed by atoms with Gasteiger partial charge in [-0.15, -0.1) is 16.4 Å². The van der Waals surface area contributed by atoms with Crippen LogP contribution in [-0.4, -0.2) is 15.7 Å². The standard InChI is InChI=1S/C22H19N3O3S/c1-15(16-9-11-18(12-10-16)17-6-3-2-4-7-17)23-20(26)14-25-22(27)28-21(24-25)19-8-5-13-29-19/h2-13,15H,14H2,1H3,(H,23,26)/t15-/m1/s1. The summed E-state index contributed by atoms with van der Waals surface area (Å²) in [5, 5.41) is 8.87. The Morgan fingerprint density at radius 3 is 2.48 bits per heavy atom. The van der Waals surface area contributed by atoms with Gasteiger partial charge in [0.15, 0.2) is 0 Å². The van der Waals surface area contributed by atoms with E-state index < -0.39 is 5.76 Å². The molecule has 0 aliphatic rings. The predicted octanol–water partition coefficient (Wildman–Crippen LogP) is 4.11. The lowest BCUT2D eigenvalue weighted by Gasteiger charge is -2.14. The van der Waals surface area contributed by atoms with E-state index in [1.165, 1.54) is 11.3 Å². The number of nitrogens with one attached hydrogen (secondary N) is 1. The molecule has 2 heterocycles. The summed E-state index contributed by atoms with van der Waals surface area (Å²) in [6.45, 7) is 1.71. The molecule has 6 nitrogen and oxygen atoms in total. The minimum absolute atomic E-state index is 0.194. The lowest BCUT2D eigenvalue weighted by molar-refractivity contribution is -0.122. The molecule has 0 aliphatic heterocycles. The van der Waals surface area contributed by atoms with Crippen LogP contribution in [-0.2, 0) is 11.3 Å². The maximum atomic E-state index is 12.4. The number of rotatable bonds is 6. The summed E-state index contributed by atoms with van der Waals surface area (Å²) in [5.74, 6) is -0.733. The Bertz CT molecular complexity index is 1150. The number of nitrogens with zero attached hydrogens (tertiary/aromatic N) is 2. The first-order valence-electron chi connectivity index (χ1n) is 9.17. The fourth-order valence-electron chi connectivity index (χ4n) is 3.01. The van der Waals surface area contributed by atoms with E-state index in [4.69, 9.17) is 4.42 Å². The van der Waals surface area contributed by atoms with Gasteiger partial charge in [-0.25, -0.2) is 4.79 Å². The molecule has 2 aromatic heterocycles. The van der Waals surface area contributed by atoms with E-state index in [9.17, 15) is 9.59 Å². The molecule has 2 aromatic carbocycles. The molecule has 146 valence electrons. The van der Waals surface area contributed by atoms with Gasteiger partial charge in [0.1, 0.15) is 6.54 Å². The van der Waals surface area contributed by atoms with E-state index in [1.54, 1.807) is 0 Å². The van der Waals surface area contributed by atoms with Crippen LogP contribution in [0.5, 0.6) is 0 Å². The largest absolute Gasteiger partial charge is 0.437 e. The topological polar surface area (TPSA) is 77.1 Å². The molecule has 4 rings (SSSR count). The number of carbonyl (C=O) groups is 1. The van der Waals surface area contributed by atoms with Gasteiger partial charge >= 0.3 is 5.76 Å². The molecule has 0 bridgehead atoms. The third-order valence-electron chi connectivity index (χ3n) is 4.53. The average Bonchev–Trinajstić information content (AvgIpc) is 3.39. The van der Waals surface area contributed by atoms with Crippen LogP contribution in [0.1, 0.15) is 18.5 Å². The fourth-order valence-corrected chi connectivity index (χ4v) is 3.65. The molecule has 7 heteroatoms. The highest BCUT2D eigenvalue weighted by molar-refractivity contribution is 7.13. The molecule has 0 unspecified atom stereocenters. The van der Waals surface area contributed by atoms with Gasteiger partial charge in [-0.3, -0.25) is 4.79 Å². The maximum Gasteiger partial charge on any atom is 0.437 e. The number of aromatic nitrogens is 2. The van der Waals surface area contributed by atoms with E-state index in [0.717, 1.165) is 26.2 Å². The van der Waals surface area contributed by atoms with E-state index in [0.29, 0.717) is 0 Å². The van der Waals surface area contributed by atoms with Crippen molar-refractivity contribution >= 4 is 17.2 Å². The molecule has 1 N–H and O–H groups in total.